The van der Waals surface area contributed by atoms with Gasteiger partial charge in [0.1, 0.15) is 12.6 Å². The zero-order valence-electron chi connectivity index (χ0n) is 13.6. The largest absolute Gasteiger partial charge is 0.480 e. The number of aliphatic carboxylic acids is 1. The summed E-state index contributed by atoms with van der Waals surface area (Å²) >= 11 is 0. The number of nitrogens with one attached hydrogen (secondary N) is 1. The van der Waals surface area contributed by atoms with Gasteiger partial charge in [0.2, 0.25) is 5.91 Å². The lowest BCUT2D eigenvalue weighted by molar-refractivity contribution is -0.143. The summed E-state index contributed by atoms with van der Waals surface area (Å²) in [6, 6.07) is -1.08. The topological polar surface area (TPSA) is 84.2 Å². The van der Waals surface area contributed by atoms with Crippen LogP contribution in [0.15, 0.2) is 12.2 Å². The molecule has 0 aliphatic carbocycles. The fourth-order valence-corrected chi connectivity index (χ4v) is 2.21. The molecule has 1 atom stereocenters. The summed E-state index contributed by atoms with van der Waals surface area (Å²) in [6.45, 7) is 3.45. The van der Waals surface area contributed by atoms with E-state index in [4.69, 9.17) is 5.11 Å². The molecule has 1 aromatic rings. The Bertz CT molecular complexity index is 636. The first-order chi connectivity index (χ1) is 11.0. The molecule has 2 N–H and O–H groups in total. The number of nitrogens with zero attached hydrogens (tertiary/aromatic N) is 2. The Labute approximate surface area is 137 Å². The third-order valence-corrected chi connectivity index (χ3v) is 3.44. The number of carbonyl (C=O) groups excluding carboxylic acids is 1. The van der Waals surface area contributed by atoms with Crippen molar-refractivity contribution in [2.24, 2.45) is 0 Å². The van der Waals surface area contributed by atoms with Crippen LogP contribution >= 0.6 is 0 Å². The summed E-state index contributed by atoms with van der Waals surface area (Å²) in [6.07, 6.45) is -1.24. The lowest BCUT2D eigenvalue weighted by Crippen LogP contribution is -2.41. The van der Waals surface area contributed by atoms with Crippen LogP contribution in [0.5, 0.6) is 0 Å². The number of allylic oxidation sites excluding steroid dienone is 1. The van der Waals surface area contributed by atoms with Gasteiger partial charge >= 0.3 is 12.1 Å². The van der Waals surface area contributed by atoms with Crippen LogP contribution in [-0.2, 0) is 22.6 Å². The van der Waals surface area contributed by atoms with E-state index < -0.39 is 30.6 Å². The number of rotatable bonds is 7. The molecule has 0 aromatic carbocycles. The van der Waals surface area contributed by atoms with E-state index in [1.54, 1.807) is 19.1 Å². The quantitative estimate of drug-likeness (QED) is 0.740. The molecule has 6 nitrogen and oxygen atoms in total. The fraction of sp³-hybridized carbons (Fsp3) is 0.533. The SMILES string of the molecule is C/C=C/CC(NC(=O)Cc1c(C)nn(CC(F)(F)F)c1C)C(=O)O. The zero-order valence-corrected chi connectivity index (χ0v) is 13.6. The average molecular weight is 347 g/mol. The first-order valence-corrected chi connectivity index (χ1v) is 7.28. The molecule has 24 heavy (non-hydrogen) atoms. The van der Waals surface area contributed by atoms with E-state index in [2.05, 4.69) is 10.4 Å². The van der Waals surface area contributed by atoms with Crippen molar-refractivity contribution in [2.75, 3.05) is 0 Å². The van der Waals surface area contributed by atoms with Crippen LogP contribution in [0, 0.1) is 13.8 Å². The second kappa shape index (κ2) is 7.98. The molecule has 1 aromatic heterocycles. The van der Waals surface area contributed by atoms with E-state index in [0.717, 1.165) is 4.68 Å². The van der Waals surface area contributed by atoms with Crippen molar-refractivity contribution in [1.29, 1.82) is 0 Å². The predicted octanol–water partition coefficient (Wildman–Crippen LogP) is 2.14. The Morgan fingerprint density at radius 3 is 2.50 bits per heavy atom. The van der Waals surface area contributed by atoms with E-state index >= 15 is 0 Å². The number of halogens is 3. The highest BCUT2D eigenvalue weighted by atomic mass is 19.4. The molecule has 0 saturated heterocycles. The van der Waals surface area contributed by atoms with Crippen molar-refractivity contribution in [3.8, 4) is 0 Å². The van der Waals surface area contributed by atoms with E-state index in [-0.39, 0.29) is 18.5 Å². The van der Waals surface area contributed by atoms with Gasteiger partial charge in [0.25, 0.3) is 0 Å². The Hall–Kier alpha value is -2.32. The van der Waals surface area contributed by atoms with Crippen molar-refractivity contribution in [3.63, 3.8) is 0 Å². The number of aryl methyl sites for hydroxylation is 1. The number of amides is 1. The van der Waals surface area contributed by atoms with Crippen molar-refractivity contribution in [2.45, 2.75) is 52.4 Å². The molecule has 9 heteroatoms. The normalized spacial score (nSPS) is 13.2. The fourth-order valence-electron chi connectivity index (χ4n) is 2.21. The molecule has 0 aliphatic rings. The summed E-state index contributed by atoms with van der Waals surface area (Å²) in [5.41, 5.74) is 0.916. The molecule has 1 unspecified atom stereocenters. The van der Waals surface area contributed by atoms with E-state index in [1.807, 2.05) is 0 Å². The maximum Gasteiger partial charge on any atom is 0.408 e. The number of hydrogen-bond donors (Lipinski definition) is 2. The van der Waals surface area contributed by atoms with Crippen molar-refractivity contribution < 1.29 is 27.9 Å². The zero-order chi connectivity index (χ0) is 18.5. The number of aromatic nitrogens is 2. The number of alkyl halides is 3. The molecule has 0 radical (unpaired) electrons. The molecule has 0 aliphatic heterocycles. The van der Waals surface area contributed by atoms with E-state index in [9.17, 15) is 22.8 Å². The van der Waals surface area contributed by atoms with Gasteiger partial charge in [-0.1, -0.05) is 12.2 Å². The van der Waals surface area contributed by atoms with E-state index in [0.29, 0.717) is 11.3 Å². The van der Waals surface area contributed by atoms with Crippen LogP contribution in [0.1, 0.15) is 30.3 Å². The number of carboxylic acid groups (broad SMARTS) is 1. The van der Waals surface area contributed by atoms with Crippen LogP contribution in [0.3, 0.4) is 0 Å². The summed E-state index contributed by atoms with van der Waals surface area (Å²) in [5, 5.41) is 15.2. The van der Waals surface area contributed by atoms with Gasteiger partial charge in [-0.05, 0) is 27.2 Å². The summed E-state index contributed by atoms with van der Waals surface area (Å²) in [7, 11) is 0. The highest BCUT2D eigenvalue weighted by molar-refractivity contribution is 5.85. The summed E-state index contributed by atoms with van der Waals surface area (Å²) < 4.78 is 38.3. The highest BCUT2D eigenvalue weighted by Crippen LogP contribution is 2.21. The van der Waals surface area contributed by atoms with Gasteiger partial charge in [0, 0.05) is 11.3 Å². The van der Waals surface area contributed by atoms with Gasteiger partial charge in [-0.2, -0.15) is 18.3 Å². The lowest BCUT2D eigenvalue weighted by atomic mass is 10.1. The minimum atomic E-state index is -4.41. The van der Waals surface area contributed by atoms with Gasteiger partial charge in [-0.3, -0.25) is 9.48 Å². The standard InChI is InChI=1S/C15H20F3N3O3/c1-4-5-6-12(14(23)24)19-13(22)7-11-9(2)20-21(10(11)3)8-15(16,17)18/h4-5,12H,6-8H2,1-3H3,(H,19,22)(H,23,24)/b5-4+. The average Bonchev–Trinajstić information content (AvgIpc) is 2.68. The molecule has 0 spiro atoms. The van der Waals surface area contributed by atoms with Gasteiger partial charge in [0.15, 0.2) is 0 Å². The second-order valence-corrected chi connectivity index (χ2v) is 5.36. The monoisotopic (exact) mass is 347 g/mol. The first-order valence-electron chi connectivity index (χ1n) is 7.28. The number of carboxylic acids is 1. The van der Waals surface area contributed by atoms with Crippen molar-refractivity contribution in [1.82, 2.24) is 15.1 Å². The van der Waals surface area contributed by atoms with E-state index in [1.165, 1.54) is 13.8 Å². The van der Waals surface area contributed by atoms with Crippen LogP contribution in [0.2, 0.25) is 0 Å². The molecular formula is C15H20F3N3O3. The maximum atomic E-state index is 12.5. The minimum absolute atomic E-state index is 0.128. The van der Waals surface area contributed by atoms with Gasteiger partial charge in [-0.25, -0.2) is 4.79 Å². The molecule has 0 fully saturated rings. The summed E-state index contributed by atoms with van der Waals surface area (Å²) in [4.78, 5) is 23.1. The molecule has 1 rings (SSSR count). The Balaban J connectivity index is 2.85. The molecular weight excluding hydrogens is 327 g/mol. The molecule has 134 valence electrons. The van der Waals surface area contributed by atoms with Crippen LogP contribution < -0.4 is 5.32 Å². The van der Waals surface area contributed by atoms with Gasteiger partial charge in [-0.15, -0.1) is 0 Å². The van der Waals surface area contributed by atoms with Crippen LogP contribution in [0.25, 0.3) is 0 Å². The van der Waals surface area contributed by atoms with Crippen LogP contribution in [-0.4, -0.2) is 39.0 Å². The predicted molar refractivity (Wildman–Crippen MR) is 80.5 cm³/mol. The minimum Gasteiger partial charge on any atom is -0.480 e. The highest BCUT2D eigenvalue weighted by Gasteiger charge is 2.30. The Morgan fingerprint density at radius 2 is 2.00 bits per heavy atom. The lowest BCUT2D eigenvalue weighted by Gasteiger charge is -2.13. The molecule has 1 amide bonds. The Morgan fingerprint density at radius 1 is 1.38 bits per heavy atom. The van der Waals surface area contributed by atoms with Gasteiger partial charge < -0.3 is 10.4 Å². The molecule has 0 saturated carbocycles. The number of hydrogen-bond acceptors (Lipinski definition) is 3. The third-order valence-electron chi connectivity index (χ3n) is 3.44. The maximum absolute atomic E-state index is 12.5. The second-order valence-electron chi connectivity index (χ2n) is 5.36. The molecule has 0 bridgehead atoms. The first kappa shape index (κ1) is 19.7. The molecule has 1 heterocycles. The van der Waals surface area contributed by atoms with Crippen molar-refractivity contribution in [3.05, 3.63) is 29.1 Å². The van der Waals surface area contributed by atoms with Crippen molar-refractivity contribution >= 4 is 11.9 Å². The summed E-state index contributed by atoms with van der Waals surface area (Å²) in [5.74, 6) is -1.76. The van der Waals surface area contributed by atoms with Gasteiger partial charge in [0.05, 0.1) is 12.1 Å². The number of carbonyl (C=O) groups is 2. The third kappa shape index (κ3) is 5.71. The Kier molecular flexibility index (Phi) is 6.56. The van der Waals surface area contributed by atoms with Crippen LogP contribution in [0.4, 0.5) is 13.2 Å². The smallest absolute Gasteiger partial charge is 0.408 e.